The SMILES string of the molecule is O=C(O)c1cc(F)c(F)c(F)c1Nc1ncc(I)cc1I. The van der Waals surface area contributed by atoms with Crippen LogP contribution in [0.4, 0.5) is 24.7 Å². The van der Waals surface area contributed by atoms with Crippen molar-refractivity contribution in [3.8, 4) is 0 Å². The van der Waals surface area contributed by atoms with Gasteiger partial charge in [-0.15, -0.1) is 0 Å². The van der Waals surface area contributed by atoms with E-state index in [0.29, 0.717) is 9.64 Å². The van der Waals surface area contributed by atoms with Crippen molar-refractivity contribution in [3.05, 3.63) is 48.5 Å². The predicted octanol–water partition coefficient (Wildman–Crippen LogP) is 4.15. The summed E-state index contributed by atoms with van der Waals surface area (Å²) in [6.45, 7) is 0. The van der Waals surface area contributed by atoms with E-state index in [1.54, 1.807) is 6.07 Å². The minimum atomic E-state index is -1.75. The van der Waals surface area contributed by atoms with Crippen molar-refractivity contribution in [2.45, 2.75) is 0 Å². The Hall–Kier alpha value is -1.11. The number of aromatic nitrogens is 1. The number of hydrogen-bond acceptors (Lipinski definition) is 3. The first-order chi connectivity index (χ1) is 9.81. The van der Waals surface area contributed by atoms with E-state index in [0.717, 1.165) is 3.57 Å². The molecule has 0 spiro atoms. The van der Waals surface area contributed by atoms with Gasteiger partial charge in [-0.3, -0.25) is 0 Å². The minimum Gasteiger partial charge on any atom is -0.478 e. The number of aromatic carboxylic acids is 1. The van der Waals surface area contributed by atoms with Crippen LogP contribution >= 0.6 is 45.2 Å². The molecule has 0 bridgehead atoms. The van der Waals surface area contributed by atoms with Gasteiger partial charge in [0.15, 0.2) is 17.5 Å². The molecule has 9 heteroatoms. The fourth-order valence-electron chi connectivity index (χ4n) is 1.51. The van der Waals surface area contributed by atoms with Gasteiger partial charge in [-0.2, -0.15) is 0 Å². The van der Waals surface area contributed by atoms with Gasteiger partial charge in [-0.25, -0.2) is 22.9 Å². The summed E-state index contributed by atoms with van der Waals surface area (Å²) in [7, 11) is 0. The smallest absolute Gasteiger partial charge is 0.338 e. The fourth-order valence-corrected chi connectivity index (χ4v) is 3.17. The molecule has 0 aliphatic rings. The summed E-state index contributed by atoms with van der Waals surface area (Å²) in [6.07, 6.45) is 1.46. The van der Waals surface area contributed by atoms with Gasteiger partial charge in [-0.1, -0.05) is 0 Å². The molecule has 0 atom stereocenters. The normalized spacial score (nSPS) is 10.5. The molecule has 2 N–H and O–H groups in total. The molecule has 1 aromatic heterocycles. The number of halogens is 5. The van der Waals surface area contributed by atoms with Gasteiger partial charge in [0.2, 0.25) is 0 Å². The van der Waals surface area contributed by atoms with E-state index in [1.807, 2.05) is 45.2 Å². The van der Waals surface area contributed by atoms with E-state index in [-0.39, 0.29) is 5.82 Å². The van der Waals surface area contributed by atoms with Crippen molar-refractivity contribution < 1.29 is 23.1 Å². The molecular formula is C12H5F3I2N2O2. The molecule has 2 aromatic rings. The number of carboxylic acid groups (broad SMARTS) is 1. The summed E-state index contributed by atoms with van der Waals surface area (Å²) in [4.78, 5) is 15.0. The van der Waals surface area contributed by atoms with Gasteiger partial charge in [0, 0.05) is 9.77 Å². The fraction of sp³-hybridized carbons (Fsp3) is 0. The Labute approximate surface area is 144 Å². The number of carbonyl (C=O) groups is 1. The van der Waals surface area contributed by atoms with Crippen molar-refractivity contribution in [1.82, 2.24) is 4.98 Å². The highest BCUT2D eigenvalue weighted by Crippen LogP contribution is 2.29. The quantitative estimate of drug-likeness (QED) is 0.472. The molecular weight excluding hydrogens is 515 g/mol. The molecule has 1 heterocycles. The number of nitrogens with zero attached hydrogens (tertiary/aromatic N) is 1. The molecule has 0 saturated carbocycles. The zero-order chi connectivity index (χ0) is 15.7. The minimum absolute atomic E-state index is 0.142. The second-order valence-electron chi connectivity index (χ2n) is 3.82. The standard InChI is InChI=1S/C12H5F3I2N2O2/c13-6-2-5(12(20)21)10(9(15)8(6)14)19-11-7(17)1-4(16)3-18-11/h1-3H,(H,18,19)(H,20,21). The summed E-state index contributed by atoms with van der Waals surface area (Å²) in [5.74, 6) is -6.37. The molecule has 2 rings (SSSR count). The van der Waals surface area contributed by atoms with Gasteiger partial charge in [0.05, 0.1) is 14.8 Å². The molecule has 0 aliphatic heterocycles. The molecule has 0 fully saturated rings. The Kier molecular flexibility index (Phi) is 4.91. The van der Waals surface area contributed by atoms with Crippen LogP contribution in [0.5, 0.6) is 0 Å². The summed E-state index contributed by atoms with van der Waals surface area (Å²) in [5.41, 5.74) is -1.39. The van der Waals surface area contributed by atoms with Crippen molar-refractivity contribution in [3.63, 3.8) is 0 Å². The maximum Gasteiger partial charge on any atom is 0.338 e. The second-order valence-corrected chi connectivity index (χ2v) is 6.23. The van der Waals surface area contributed by atoms with Crippen LogP contribution in [0.15, 0.2) is 18.3 Å². The lowest BCUT2D eigenvalue weighted by molar-refractivity contribution is 0.0696. The third-order valence-corrected chi connectivity index (χ3v) is 3.86. The van der Waals surface area contributed by atoms with Gasteiger partial charge in [-0.05, 0) is 57.3 Å². The summed E-state index contributed by atoms with van der Waals surface area (Å²) < 4.78 is 41.6. The lowest BCUT2D eigenvalue weighted by Gasteiger charge is -2.12. The molecule has 0 amide bonds. The molecule has 0 unspecified atom stereocenters. The number of anilines is 2. The first-order valence-corrected chi connectivity index (χ1v) is 7.46. The van der Waals surface area contributed by atoms with Crippen LogP contribution in [0.3, 0.4) is 0 Å². The van der Waals surface area contributed by atoms with Gasteiger partial charge >= 0.3 is 5.97 Å². The van der Waals surface area contributed by atoms with Crippen molar-refractivity contribution >= 4 is 62.7 Å². The molecule has 110 valence electrons. The zero-order valence-electron chi connectivity index (χ0n) is 9.92. The first-order valence-electron chi connectivity index (χ1n) is 5.30. The summed E-state index contributed by atoms with van der Waals surface area (Å²) >= 11 is 3.92. The third-order valence-electron chi connectivity index (χ3n) is 2.44. The Morgan fingerprint density at radius 2 is 1.86 bits per heavy atom. The largest absolute Gasteiger partial charge is 0.478 e. The molecule has 1 aromatic carbocycles. The summed E-state index contributed by atoms with van der Waals surface area (Å²) in [5, 5.41) is 11.4. The van der Waals surface area contributed by atoms with Crippen LogP contribution < -0.4 is 5.32 Å². The number of nitrogens with one attached hydrogen (secondary N) is 1. The van der Waals surface area contributed by atoms with E-state index >= 15 is 0 Å². The van der Waals surface area contributed by atoms with E-state index < -0.39 is 34.7 Å². The van der Waals surface area contributed by atoms with E-state index in [4.69, 9.17) is 5.11 Å². The Bertz CT molecular complexity index is 741. The van der Waals surface area contributed by atoms with Crippen molar-refractivity contribution in [1.29, 1.82) is 0 Å². The number of rotatable bonds is 3. The predicted molar refractivity (Wildman–Crippen MR) is 86.2 cm³/mol. The maximum atomic E-state index is 13.8. The van der Waals surface area contributed by atoms with Crippen molar-refractivity contribution in [2.75, 3.05) is 5.32 Å². The molecule has 0 saturated heterocycles. The number of benzene rings is 1. The molecule has 4 nitrogen and oxygen atoms in total. The van der Waals surface area contributed by atoms with Gasteiger partial charge < -0.3 is 10.4 Å². The van der Waals surface area contributed by atoms with Crippen LogP contribution in [-0.2, 0) is 0 Å². The van der Waals surface area contributed by atoms with Gasteiger partial charge in [0.1, 0.15) is 5.82 Å². The average molecular weight is 520 g/mol. The zero-order valence-corrected chi connectivity index (χ0v) is 14.2. The Balaban J connectivity index is 2.57. The van der Waals surface area contributed by atoms with E-state index in [2.05, 4.69) is 10.3 Å². The van der Waals surface area contributed by atoms with Crippen LogP contribution in [-0.4, -0.2) is 16.1 Å². The molecule has 0 radical (unpaired) electrons. The van der Waals surface area contributed by atoms with Crippen LogP contribution in [0.1, 0.15) is 10.4 Å². The highest BCUT2D eigenvalue weighted by Gasteiger charge is 2.23. The summed E-state index contributed by atoms with van der Waals surface area (Å²) in [6, 6.07) is 2.12. The number of hydrogen-bond donors (Lipinski definition) is 2. The lowest BCUT2D eigenvalue weighted by atomic mass is 10.1. The monoisotopic (exact) mass is 520 g/mol. The number of pyridine rings is 1. The second kappa shape index (κ2) is 6.34. The van der Waals surface area contributed by atoms with Gasteiger partial charge in [0.25, 0.3) is 0 Å². The highest BCUT2D eigenvalue weighted by atomic mass is 127. The maximum absolute atomic E-state index is 13.8. The lowest BCUT2D eigenvalue weighted by Crippen LogP contribution is -2.10. The highest BCUT2D eigenvalue weighted by molar-refractivity contribution is 14.1. The van der Waals surface area contributed by atoms with E-state index in [9.17, 15) is 18.0 Å². The third kappa shape index (κ3) is 3.39. The van der Waals surface area contributed by atoms with Crippen molar-refractivity contribution in [2.24, 2.45) is 0 Å². The molecule has 21 heavy (non-hydrogen) atoms. The topological polar surface area (TPSA) is 62.2 Å². The number of carboxylic acids is 1. The Morgan fingerprint density at radius 1 is 1.19 bits per heavy atom. The molecule has 0 aliphatic carbocycles. The van der Waals surface area contributed by atoms with Crippen LogP contribution in [0.25, 0.3) is 0 Å². The van der Waals surface area contributed by atoms with E-state index in [1.165, 1.54) is 6.20 Å². The Morgan fingerprint density at radius 3 is 2.43 bits per heavy atom. The van der Waals surface area contributed by atoms with Crippen LogP contribution in [0.2, 0.25) is 0 Å². The average Bonchev–Trinajstić information content (AvgIpc) is 2.41. The first kappa shape index (κ1) is 16.3. The van der Waals surface area contributed by atoms with Crippen LogP contribution in [0, 0.1) is 24.6 Å².